The number of piperazine rings is 1. The van der Waals surface area contributed by atoms with Gasteiger partial charge in [-0.15, -0.1) is 0 Å². The van der Waals surface area contributed by atoms with Crippen LogP contribution in [0.25, 0.3) is 0 Å². The number of carbonyl (C=O) groups excluding carboxylic acids is 1. The molecule has 1 amide bonds. The van der Waals surface area contributed by atoms with Crippen LogP contribution in [0.4, 0.5) is 10.1 Å². The first kappa shape index (κ1) is 23.9. The molecule has 5 nitrogen and oxygen atoms in total. The van der Waals surface area contributed by atoms with Crippen LogP contribution in [0, 0.1) is 23.1 Å². The summed E-state index contributed by atoms with van der Waals surface area (Å²) in [4.78, 5) is 16.8. The second-order valence-electron chi connectivity index (χ2n) is 8.88. The van der Waals surface area contributed by atoms with E-state index < -0.39 is 5.41 Å². The van der Waals surface area contributed by atoms with Crippen molar-refractivity contribution in [3.63, 3.8) is 0 Å². The highest BCUT2D eigenvalue weighted by atomic mass is 19.1. The lowest BCUT2D eigenvalue weighted by molar-refractivity contribution is -0.117. The van der Waals surface area contributed by atoms with E-state index in [1.165, 1.54) is 12.1 Å². The van der Waals surface area contributed by atoms with Gasteiger partial charge in [0.1, 0.15) is 5.82 Å². The third-order valence-corrected chi connectivity index (χ3v) is 6.48. The first-order valence-electron chi connectivity index (χ1n) is 11.4. The minimum atomic E-state index is -0.457. The van der Waals surface area contributed by atoms with Gasteiger partial charge in [-0.1, -0.05) is 44.2 Å². The number of halogens is 1. The van der Waals surface area contributed by atoms with Crippen molar-refractivity contribution in [3.8, 4) is 6.07 Å². The number of rotatable bonds is 9. The van der Waals surface area contributed by atoms with Crippen LogP contribution in [0.2, 0.25) is 0 Å². The fourth-order valence-corrected chi connectivity index (χ4v) is 4.44. The highest BCUT2D eigenvalue weighted by Crippen LogP contribution is 2.36. The number of amides is 1. The molecule has 0 bridgehead atoms. The van der Waals surface area contributed by atoms with Gasteiger partial charge >= 0.3 is 0 Å². The average Bonchev–Trinajstić information content (AvgIpc) is 2.80. The number of hydrogen-bond acceptors (Lipinski definition) is 4. The van der Waals surface area contributed by atoms with E-state index in [4.69, 9.17) is 0 Å². The molecule has 0 spiro atoms. The molecule has 2 aromatic rings. The monoisotopic (exact) mass is 436 g/mol. The van der Waals surface area contributed by atoms with Crippen LogP contribution in [0.5, 0.6) is 0 Å². The summed E-state index contributed by atoms with van der Waals surface area (Å²) in [7, 11) is 0. The predicted molar refractivity (Wildman–Crippen MR) is 126 cm³/mol. The first-order chi connectivity index (χ1) is 15.4. The Balaban J connectivity index is 1.43. The van der Waals surface area contributed by atoms with Crippen molar-refractivity contribution < 1.29 is 9.18 Å². The quantitative estimate of drug-likeness (QED) is 0.637. The molecule has 1 N–H and O–H groups in total. The fraction of sp³-hybridized carbons (Fsp3) is 0.462. The van der Waals surface area contributed by atoms with Gasteiger partial charge in [-0.3, -0.25) is 9.69 Å². The molecular formula is C26H33FN4O. The molecule has 6 heteroatoms. The Bertz CT molecular complexity index is 902. The molecule has 1 unspecified atom stereocenters. The van der Waals surface area contributed by atoms with Crippen LogP contribution in [-0.2, 0) is 10.2 Å². The number of benzene rings is 2. The van der Waals surface area contributed by atoms with E-state index in [0.717, 1.165) is 51.1 Å². The van der Waals surface area contributed by atoms with E-state index in [0.29, 0.717) is 12.2 Å². The molecule has 32 heavy (non-hydrogen) atoms. The second kappa shape index (κ2) is 11.2. The SMILES string of the molecule is CC(C)C(C#N)(CCCN1CCN(CC(=O)Nc2ccc(F)cc2)CC1)c1ccccc1. The lowest BCUT2D eigenvalue weighted by atomic mass is 9.70. The zero-order valence-electron chi connectivity index (χ0n) is 19.1. The van der Waals surface area contributed by atoms with Crippen molar-refractivity contribution in [2.45, 2.75) is 32.1 Å². The third kappa shape index (κ3) is 6.15. The van der Waals surface area contributed by atoms with Gasteiger partial charge in [0.25, 0.3) is 0 Å². The summed E-state index contributed by atoms with van der Waals surface area (Å²) in [5.74, 6) is -0.154. The van der Waals surface area contributed by atoms with Crippen molar-refractivity contribution in [2.24, 2.45) is 5.92 Å². The molecule has 1 fully saturated rings. The number of nitriles is 1. The maximum atomic E-state index is 13.0. The van der Waals surface area contributed by atoms with Gasteiger partial charge < -0.3 is 10.2 Å². The molecule has 1 aliphatic rings. The highest BCUT2D eigenvalue weighted by molar-refractivity contribution is 5.92. The number of nitrogens with zero attached hydrogens (tertiary/aromatic N) is 3. The van der Waals surface area contributed by atoms with E-state index in [2.05, 4.69) is 47.2 Å². The molecule has 1 aliphatic heterocycles. The van der Waals surface area contributed by atoms with Gasteiger partial charge in [-0.25, -0.2) is 4.39 Å². The number of hydrogen-bond donors (Lipinski definition) is 1. The summed E-state index contributed by atoms with van der Waals surface area (Å²) in [5.41, 5.74) is 1.26. The minimum Gasteiger partial charge on any atom is -0.325 e. The molecule has 0 saturated carbocycles. The predicted octanol–water partition coefficient (Wildman–Crippen LogP) is 4.28. The van der Waals surface area contributed by atoms with Crippen molar-refractivity contribution in [3.05, 3.63) is 66.0 Å². The summed E-state index contributed by atoms with van der Waals surface area (Å²) < 4.78 is 13.0. The fourth-order valence-electron chi connectivity index (χ4n) is 4.44. The van der Waals surface area contributed by atoms with Crippen molar-refractivity contribution in [1.29, 1.82) is 5.26 Å². The summed E-state index contributed by atoms with van der Waals surface area (Å²) in [6.45, 7) is 9.06. The lowest BCUT2D eigenvalue weighted by Gasteiger charge is -2.36. The van der Waals surface area contributed by atoms with E-state index in [1.807, 2.05) is 18.2 Å². The maximum absolute atomic E-state index is 13.0. The zero-order valence-corrected chi connectivity index (χ0v) is 19.1. The van der Waals surface area contributed by atoms with E-state index in [1.54, 1.807) is 12.1 Å². The Labute approximate surface area is 190 Å². The van der Waals surface area contributed by atoms with Gasteiger partial charge in [0.05, 0.1) is 18.0 Å². The van der Waals surface area contributed by atoms with Crippen molar-refractivity contribution >= 4 is 11.6 Å². The molecule has 3 rings (SSSR count). The van der Waals surface area contributed by atoms with Crippen molar-refractivity contribution in [2.75, 3.05) is 44.6 Å². The molecule has 1 saturated heterocycles. The van der Waals surface area contributed by atoms with Gasteiger partial charge in [0.15, 0.2) is 0 Å². The van der Waals surface area contributed by atoms with Crippen LogP contribution >= 0.6 is 0 Å². The standard InChI is InChI=1S/C26H33FN4O/c1-21(2)26(20-28,22-7-4-3-5-8-22)13-6-14-30-15-17-31(18-16-30)19-25(32)29-24-11-9-23(27)10-12-24/h3-5,7-12,21H,6,13-19H2,1-2H3,(H,29,32). The van der Waals surface area contributed by atoms with Gasteiger partial charge in [0.2, 0.25) is 5.91 Å². The van der Waals surface area contributed by atoms with Gasteiger partial charge in [-0.2, -0.15) is 5.26 Å². The minimum absolute atomic E-state index is 0.0799. The van der Waals surface area contributed by atoms with Gasteiger partial charge in [0, 0.05) is 31.9 Å². The Morgan fingerprint density at radius 2 is 1.69 bits per heavy atom. The molecule has 0 radical (unpaired) electrons. The molecule has 0 aliphatic carbocycles. The van der Waals surface area contributed by atoms with Crippen LogP contribution in [0.15, 0.2) is 54.6 Å². The summed E-state index contributed by atoms with van der Waals surface area (Å²) >= 11 is 0. The zero-order chi connectivity index (χ0) is 23.0. The Kier molecular flexibility index (Phi) is 8.38. The molecule has 0 aromatic heterocycles. The Hall–Kier alpha value is -2.75. The Morgan fingerprint density at radius 1 is 1.06 bits per heavy atom. The van der Waals surface area contributed by atoms with Gasteiger partial charge in [-0.05, 0) is 55.1 Å². The maximum Gasteiger partial charge on any atom is 0.238 e. The molecule has 1 atom stereocenters. The van der Waals surface area contributed by atoms with Crippen LogP contribution in [-0.4, -0.2) is 55.0 Å². The largest absolute Gasteiger partial charge is 0.325 e. The molecular weight excluding hydrogens is 403 g/mol. The summed E-state index contributed by atoms with van der Waals surface area (Å²) in [6.07, 6.45) is 1.80. The molecule has 2 aromatic carbocycles. The van der Waals surface area contributed by atoms with Crippen LogP contribution in [0.1, 0.15) is 32.3 Å². The Morgan fingerprint density at radius 3 is 2.28 bits per heavy atom. The van der Waals surface area contributed by atoms with Crippen molar-refractivity contribution in [1.82, 2.24) is 9.80 Å². The summed E-state index contributed by atoms with van der Waals surface area (Å²) in [5, 5.41) is 12.9. The van der Waals surface area contributed by atoms with E-state index >= 15 is 0 Å². The molecule has 170 valence electrons. The lowest BCUT2D eigenvalue weighted by Crippen LogP contribution is -2.48. The number of anilines is 1. The van der Waals surface area contributed by atoms with Crippen LogP contribution in [0.3, 0.4) is 0 Å². The topological polar surface area (TPSA) is 59.4 Å². The van der Waals surface area contributed by atoms with E-state index in [9.17, 15) is 14.4 Å². The smallest absolute Gasteiger partial charge is 0.238 e. The number of nitrogens with one attached hydrogen (secondary N) is 1. The first-order valence-corrected chi connectivity index (χ1v) is 11.4. The second-order valence-corrected chi connectivity index (χ2v) is 8.88. The van der Waals surface area contributed by atoms with E-state index in [-0.39, 0.29) is 17.6 Å². The molecule has 1 heterocycles. The average molecular weight is 437 g/mol. The number of carbonyl (C=O) groups is 1. The highest BCUT2D eigenvalue weighted by Gasteiger charge is 2.35. The van der Waals surface area contributed by atoms with Crippen LogP contribution < -0.4 is 5.32 Å². The third-order valence-electron chi connectivity index (χ3n) is 6.48. The normalized spacial score (nSPS) is 17.0. The summed E-state index contributed by atoms with van der Waals surface area (Å²) in [6, 6.07) is 18.6.